The largest absolute Gasteiger partial charge is 0.375 e. The van der Waals surface area contributed by atoms with Gasteiger partial charge >= 0.3 is 0 Å². The molecule has 2 rings (SSSR count). The number of rotatable bonds is 4. The van der Waals surface area contributed by atoms with Crippen molar-refractivity contribution in [1.82, 2.24) is 4.31 Å². The molecule has 0 spiro atoms. The Hall–Kier alpha value is -0.0400. The SMILES string of the molecule is CCC1CN(S(=O)(=O)c2cc(CCl)c(Cl)cc2Cl)CCO1. The van der Waals surface area contributed by atoms with Gasteiger partial charge in [0.25, 0.3) is 0 Å². The monoisotopic (exact) mass is 371 g/mol. The lowest BCUT2D eigenvalue weighted by atomic mass is 10.2. The summed E-state index contributed by atoms with van der Waals surface area (Å²) < 4.78 is 32.4. The van der Waals surface area contributed by atoms with Gasteiger partial charge in [-0.1, -0.05) is 30.1 Å². The summed E-state index contributed by atoms with van der Waals surface area (Å²) in [6.07, 6.45) is 0.667. The molecule has 0 N–H and O–H groups in total. The van der Waals surface area contributed by atoms with Crippen molar-refractivity contribution >= 4 is 44.8 Å². The van der Waals surface area contributed by atoms with Crippen molar-refractivity contribution in [3.63, 3.8) is 0 Å². The molecule has 1 aromatic carbocycles. The summed E-state index contributed by atoms with van der Waals surface area (Å²) in [5.74, 6) is 0.124. The quantitative estimate of drug-likeness (QED) is 0.760. The second-order valence-corrected chi connectivity index (χ2v) is 7.76. The van der Waals surface area contributed by atoms with Crippen LogP contribution in [0.5, 0.6) is 0 Å². The highest BCUT2D eigenvalue weighted by Gasteiger charge is 2.32. The molecule has 1 heterocycles. The number of sulfonamides is 1. The lowest BCUT2D eigenvalue weighted by Gasteiger charge is -2.32. The first-order chi connectivity index (χ1) is 9.90. The molecule has 0 amide bonds. The fourth-order valence-corrected chi connectivity index (χ4v) is 4.75. The first-order valence-corrected chi connectivity index (χ1v) is 9.28. The second kappa shape index (κ2) is 7.02. The van der Waals surface area contributed by atoms with Crippen molar-refractivity contribution in [3.8, 4) is 0 Å². The lowest BCUT2D eigenvalue weighted by Crippen LogP contribution is -2.45. The topological polar surface area (TPSA) is 46.6 Å². The van der Waals surface area contributed by atoms with Gasteiger partial charge in [0.1, 0.15) is 4.90 Å². The number of hydrogen-bond donors (Lipinski definition) is 0. The van der Waals surface area contributed by atoms with Crippen LogP contribution in [0.1, 0.15) is 18.9 Å². The van der Waals surface area contributed by atoms with Crippen LogP contribution < -0.4 is 0 Å². The molecule has 21 heavy (non-hydrogen) atoms. The van der Waals surface area contributed by atoms with Gasteiger partial charge in [-0.15, -0.1) is 11.6 Å². The molecule has 0 aliphatic carbocycles. The maximum atomic E-state index is 12.7. The molecule has 0 bridgehead atoms. The number of nitrogens with zero attached hydrogens (tertiary/aromatic N) is 1. The Morgan fingerprint density at radius 2 is 2.05 bits per heavy atom. The van der Waals surface area contributed by atoms with Gasteiger partial charge in [0.15, 0.2) is 0 Å². The molecular weight excluding hydrogens is 357 g/mol. The summed E-state index contributed by atoms with van der Waals surface area (Å²) >= 11 is 17.8. The van der Waals surface area contributed by atoms with E-state index in [1.807, 2.05) is 6.92 Å². The molecule has 4 nitrogen and oxygen atoms in total. The van der Waals surface area contributed by atoms with E-state index in [1.165, 1.54) is 16.4 Å². The molecule has 1 atom stereocenters. The van der Waals surface area contributed by atoms with Crippen LogP contribution in [-0.2, 0) is 20.6 Å². The van der Waals surface area contributed by atoms with Crippen LogP contribution in [0.25, 0.3) is 0 Å². The molecule has 0 aromatic heterocycles. The van der Waals surface area contributed by atoms with E-state index in [4.69, 9.17) is 39.5 Å². The zero-order chi connectivity index (χ0) is 15.6. The van der Waals surface area contributed by atoms with E-state index in [0.717, 1.165) is 6.42 Å². The number of halogens is 3. The van der Waals surface area contributed by atoms with E-state index >= 15 is 0 Å². The first-order valence-electron chi connectivity index (χ1n) is 6.55. The fourth-order valence-electron chi connectivity index (χ4n) is 2.17. The molecular formula is C13H16Cl3NO3S. The Balaban J connectivity index is 2.39. The number of ether oxygens (including phenoxy) is 1. The minimum Gasteiger partial charge on any atom is -0.375 e. The first kappa shape index (κ1) is 17.3. The summed E-state index contributed by atoms with van der Waals surface area (Å²) in [7, 11) is -3.68. The molecule has 0 saturated carbocycles. The number of benzene rings is 1. The predicted octanol–water partition coefficient (Wildman–Crippen LogP) is 3.53. The van der Waals surface area contributed by atoms with Crippen molar-refractivity contribution in [3.05, 3.63) is 27.7 Å². The van der Waals surface area contributed by atoms with E-state index < -0.39 is 10.0 Å². The van der Waals surface area contributed by atoms with Crippen LogP contribution in [0, 0.1) is 0 Å². The van der Waals surface area contributed by atoms with Gasteiger partial charge < -0.3 is 4.74 Å². The van der Waals surface area contributed by atoms with Gasteiger partial charge in [0.2, 0.25) is 10.0 Å². The highest BCUT2D eigenvalue weighted by atomic mass is 35.5. The van der Waals surface area contributed by atoms with Crippen LogP contribution in [0.3, 0.4) is 0 Å². The second-order valence-electron chi connectivity index (χ2n) is 4.77. The van der Waals surface area contributed by atoms with Crippen LogP contribution in [0.15, 0.2) is 17.0 Å². The minimum absolute atomic E-state index is 0.0426. The third-order valence-corrected chi connectivity index (χ3v) is 6.39. The highest BCUT2D eigenvalue weighted by molar-refractivity contribution is 7.89. The fraction of sp³-hybridized carbons (Fsp3) is 0.538. The van der Waals surface area contributed by atoms with Crippen LogP contribution in [0.4, 0.5) is 0 Å². The predicted molar refractivity (Wildman–Crippen MR) is 84.8 cm³/mol. The van der Waals surface area contributed by atoms with E-state index in [0.29, 0.717) is 30.3 Å². The zero-order valence-corrected chi connectivity index (χ0v) is 14.6. The summed E-state index contributed by atoms with van der Waals surface area (Å²) in [4.78, 5) is 0.0426. The van der Waals surface area contributed by atoms with Crippen molar-refractivity contribution in [2.45, 2.75) is 30.2 Å². The third kappa shape index (κ3) is 3.66. The van der Waals surface area contributed by atoms with Crippen molar-refractivity contribution in [2.75, 3.05) is 19.7 Å². The molecule has 1 saturated heterocycles. The van der Waals surface area contributed by atoms with Gasteiger partial charge in [-0.25, -0.2) is 8.42 Å². The molecule has 1 unspecified atom stereocenters. The molecule has 1 aromatic rings. The van der Waals surface area contributed by atoms with E-state index in [9.17, 15) is 8.42 Å². The Labute approximate surface area is 140 Å². The van der Waals surface area contributed by atoms with Gasteiger partial charge in [-0.3, -0.25) is 0 Å². The lowest BCUT2D eigenvalue weighted by molar-refractivity contribution is -0.00277. The number of alkyl halides is 1. The molecule has 1 fully saturated rings. The number of morpholine rings is 1. The standard InChI is InChI=1S/C13H16Cl3NO3S/c1-2-10-8-17(3-4-20-10)21(18,19)13-5-9(7-14)11(15)6-12(13)16/h5-6,10H,2-4,7-8H2,1H3. The average molecular weight is 373 g/mol. The Morgan fingerprint density at radius 3 is 2.67 bits per heavy atom. The van der Waals surface area contributed by atoms with Gasteiger partial charge in [0.05, 0.1) is 17.7 Å². The Bertz CT molecular complexity index is 621. The minimum atomic E-state index is -3.68. The average Bonchev–Trinajstić information content (AvgIpc) is 2.47. The van der Waals surface area contributed by atoms with Gasteiger partial charge in [-0.05, 0) is 24.1 Å². The van der Waals surface area contributed by atoms with Crippen molar-refractivity contribution in [1.29, 1.82) is 0 Å². The molecule has 0 radical (unpaired) electrons. The molecule has 118 valence electrons. The third-order valence-electron chi connectivity index (χ3n) is 3.42. The van der Waals surface area contributed by atoms with E-state index in [-0.39, 0.29) is 21.9 Å². The maximum Gasteiger partial charge on any atom is 0.244 e. The van der Waals surface area contributed by atoms with Gasteiger partial charge in [0, 0.05) is 24.0 Å². The summed E-state index contributed by atoms with van der Waals surface area (Å²) in [5.41, 5.74) is 0.543. The summed E-state index contributed by atoms with van der Waals surface area (Å²) in [6, 6.07) is 2.87. The van der Waals surface area contributed by atoms with E-state index in [1.54, 1.807) is 0 Å². The van der Waals surface area contributed by atoms with E-state index in [2.05, 4.69) is 0 Å². The Morgan fingerprint density at radius 1 is 1.33 bits per heavy atom. The van der Waals surface area contributed by atoms with Crippen LogP contribution in [0.2, 0.25) is 10.0 Å². The number of hydrogen-bond acceptors (Lipinski definition) is 3. The summed E-state index contributed by atoms with van der Waals surface area (Å²) in [5, 5.41) is 0.468. The maximum absolute atomic E-state index is 12.7. The molecule has 8 heteroatoms. The van der Waals surface area contributed by atoms with Crippen LogP contribution in [-0.4, -0.2) is 38.5 Å². The van der Waals surface area contributed by atoms with Crippen molar-refractivity contribution < 1.29 is 13.2 Å². The van der Waals surface area contributed by atoms with Crippen LogP contribution >= 0.6 is 34.8 Å². The zero-order valence-electron chi connectivity index (χ0n) is 11.5. The molecule has 1 aliphatic rings. The van der Waals surface area contributed by atoms with Crippen molar-refractivity contribution in [2.24, 2.45) is 0 Å². The van der Waals surface area contributed by atoms with Gasteiger partial charge in [-0.2, -0.15) is 4.31 Å². The normalized spacial score (nSPS) is 20.7. The molecule has 1 aliphatic heterocycles. The highest BCUT2D eigenvalue weighted by Crippen LogP contribution is 2.32. The smallest absolute Gasteiger partial charge is 0.244 e. The Kier molecular flexibility index (Phi) is 5.79. The summed E-state index contributed by atoms with van der Waals surface area (Å²) in [6.45, 7) is 2.98.